The van der Waals surface area contributed by atoms with Crippen molar-refractivity contribution in [3.63, 3.8) is 0 Å². The van der Waals surface area contributed by atoms with E-state index in [2.05, 4.69) is 19.9 Å². The number of hydrogen-bond acceptors (Lipinski definition) is 3. The summed E-state index contributed by atoms with van der Waals surface area (Å²) in [5.74, 6) is 0.112. The number of aryl methyl sites for hydroxylation is 1. The lowest BCUT2D eigenvalue weighted by molar-refractivity contribution is 0.0704. The molecule has 0 bridgehead atoms. The smallest absolute Gasteiger partial charge is 0.266 e. The van der Waals surface area contributed by atoms with Crippen molar-refractivity contribution >= 4 is 33.0 Å². The number of nitrogens with zero attached hydrogens (tertiary/aromatic N) is 1. The number of nitrogens with two attached hydrogens (primary N) is 1. The molecule has 3 rings (SSSR count). The van der Waals surface area contributed by atoms with E-state index in [9.17, 15) is 4.79 Å². The predicted octanol–water partition coefficient (Wildman–Crippen LogP) is 4.20. The van der Waals surface area contributed by atoms with Crippen LogP contribution in [-0.4, -0.2) is 23.4 Å². The summed E-state index contributed by atoms with van der Waals surface area (Å²) in [5, 5.41) is 1.01. The molecule has 1 aliphatic rings. The molecule has 2 heterocycles. The molecule has 1 unspecified atom stereocenters. The van der Waals surface area contributed by atoms with Crippen molar-refractivity contribution in [2.24, 2.45) is 0 Å². The Balaban J connectivity index is 1.99. The van der Waals surface area contributed by atoms with Gasteiger partial charge in [0.2, 0.25) is 0 Å². The fraction of sp³-hybridized carbons (Fsp3) is 0.471. The van der Waals surface area contributed by atoms with Crippen LogP contribution in [0.1, 0.15) is 47.8 Å². The van der Waals surface area contributed by atoms with Gasteiger partial charge < -0.3 is 10.6 Å². The van der Waals surface area contributed by atoms with Crippen molar-refractivity contribution in [2.75, 3.05) is 12.3 Å². The number of carbonyl (C=O) groups excluding carboxylic acids is 1. The van der Waals surface area contributed by atoms with E-state index in [-0.39, 0.29) is 5.91 Å². The summed E-state index contributed by atoms with van der Waals surface area (Å²) in [5.41, 5.74) is 8.09. The molecule has 1 saturated heterocycles. The second kappa shape index (κ2) is 5.68. The maximum Gasteiger partial charge on any atom is 0.266 e. The fourth-order valence-corrected chi connectivity index (χ4v) is 4.27. The average molecular weight is 302 g/mol. The fourth-order valence-electron chi connectivity index (χ4n) is 3.09. The summed E-state index contributed by atoms with van der Waals surface area (Å²) >= 11 is 1.53. The van der Waals surface area contributed by atoms with Crippen LogP contribution in [0.25, 0.3) is 10.1 Å². The van der Waals surface area contributed by atoms with Gasteiger partial charge in [0.25, 0.3) is 5.91 Å². The number of hydrogen-bond donors (Lipinski definition) is 1. The van der Waals surface area contributed by atoms with Crippen molar-refractivity contribution in [3.8, 4) is 0 Å². The van der Waals surface area contributed by atoms with Gasteiger partial charge in [-0.1, -0.05) is 25.0 Å². The minimum atomic E-state index is 0.112. The number of rotatable bonds is 1. The highest BCUT2D eigenvalue weighted by atomic mass is 32.1. The number of fused-ring (bicyclic) bond motifs is 1. The molecule has 1 fully saturated rings. The predicted molar refractivity (Wildman–Crippen MR) is 89.9 cm³/mol. The lowest BCUT2D eigenvalue weighted by Crippen LogP contribution is -2.38. The molecule has 1 aliphatic heterocycles. The van der Waals surface area contributed by atoms with Gasteiger partial charge in [0, 0.05) is 22.7 Å². The van der Waals surface area contributed by atoms with E-state index in [1.54, 1.807) is 0 Å². The summed E-state index contributed by atoms with van der Waals surface area (Å²) in [6, 6.07) is 6.50. The Bertz CT molecular complexity index is 677. The summed E-state index contributed by atoms with van der Waals surface area (Å²) in [6.07, 6.45) is 4.62. The molecule has 2 aromatic rings. The number of benzene rings is 1. The third kappa shape index (κ3) is 2.64. The Kier molecular flexibility index (Phi) is 3.89. The Labute approximate surface area is 129 Å². The van der Waals surface area contributed by atoms with E-state index in [4.69, 9.17) is 5.73 Å². The van der Waals surface area contributed by atoms with Crippen LogP contribution in [0.2, 0.25) is 0 Å². The molecular weight excluding hydrogens is 280 g/mol. The Morgan fingerprint density at radius 2 is 2.14 bits per heavy atom. The molecule has 0 aliphatic carbocycles. The molecule has 2 N–H and O–H groups in total. The summed E-state index contributed by atoms with van der Waals surface area (Å²) in [6.45, 7) is 5.07. The van der Waals surface area contributed by atoms with Crippen LogP contribution in [0.5, 0.6) is 0 Å². The van der Waals surface area contributed by atoms with Crippen LogP contribution in [-0.2, 0) is 0 Å². The topological polar surface area (TPSA) is 46.3 Å². The quantitative estimate of drug-likeness (QED) is 0.858. The molecule has 4 heteroatoms. The van der Waals surface area contributed by atoms with Gasteiger partial charge in [0.1, 0.15) is 4.88 Å². The minimum Gasteiger partial charge on any atom is -0.397 e. The lowest BCUT2D eigenvalue weighted by Gasteiger charge is -2.26. The molecule has 1 amide bonds. The molecular formula is C17H22N2OS. The van der Waals surface area contributed by atoms with Crippen molar-refractivity contribution in [2.45, 2.75) is 45.6 Å². The molecule has 0 saturated carbocycles. The first-order valence-electron chi connectivity index (χ1n) is 7.67. The van der Waals surface area contributed by atoms with Crippen LogP contribution < -0.4 is 5.73 Å². The molecule has 21 heavy (non-hydrogen) atoms. The maximum absolute atomic E-state index is 12.9. The average Bonchev–Trinajstić information content (AvgIpc) is 2.63. The van der Waals surface area contributed by atoms with Crippen molar-refractivity contribution in [3.05, 3.63) is 28.6 Å². The van der Waals surface area contributed by atoms with Gasteiger partial charge >= 0.3 is 0 Å². The maximum atomic E-state index is 12.9. The molecule has 1 aromatic carbocycles. The number of carbonyl (C=O) groups is 1. The van der Waals surface area contributed by atoms with Crippen molar-refractivity contribution < 1.29 is 4.79 Å². The van der Waals surface area contributed by atoms with E-state index < -0.39 is 0 Å². The van der Waals surface area contributed by atoms with Crippen LogP contribution >= 0.6 is 11.3 Å². The van der Waals surface area contributed by atoms with Gasteiger partial charge in [-0.05, 0) is 38.3 Å². The van der Waals surface area contributed by atoms with Crippen LogP contribution in [0.3, 0.4) is 0 Å². The minimum absolute atomic E-state index is 0.112. The zero-order valence-corrected chi connectivity index (χ0v) is 13.5. The van der Waals surface area contributed by atoms with Crippen LogP contribution in [0, 0.1) is 6.92 Å². The first-order valence-corrected chi connectivity index (χ1v) is 8.49. The largest absolute Gasteiger partial charge is 0.397 e. The van der Waals surface area contributed by atoms with Crippen molar-refractivity contribution in [1.82, 2.24) is 4.90 Å². The third-order valence-electron chi connectivity index (χ3n) is 4.39. The van der Waals surface area contributed by atoms with E-state index in [0.29, 0.717) is 16.6 Å². The SMILES string of the molecule is Cc1ccc2c(N)c(C(=O)N3CCCCCC3C)sc2c1. The highest BCUT2D eigenvalue weighted by Gasteiger charge is 2.26. The molecule has 0 spiro atoms. The molecule has 0 radical (unpaired) electrons. The second-order valence-corrected chi connectivity index (χ2v) is 7.09. The number of thiophene rings is 1. The standard InChI is InChI=1S/C17H22N2OS/c1-11-7-8-13-14(10-11)21-16(15(13)18)17(20)19-9-5-3-4-6-12(19)2/h7-8,10,12H,3-6,9,18H2,1-2H3. The first-order chi connectivity index (χ1) is 10.1. The van der Waals surface area contributed by atoms with Gasteiger partial charge in [0.05, 0.1) is 5.69 Å². The normalized spacial score (nSPS) is 19.7. The van der Waals surface area contributed by atoms with E-state index in [0.717, 1.165) is 29.5 Å². The summed E-state index contributed by atoms with van der Waals surface area (Å²) in [7, 11) is 0. The Morgan fingerprint density at radius 1 is 1.33 bits per heavy atom. The van der Waals surface area contributed by atoms with Crippen LogP contribution in [0.15, 0.2) is 18.2 Å². The van der Waals surface area contributed by atoms with Gasteiger partial charge in [-0.3, -0.25) is 4.79 Å². The molecule has 1 aromatic heterocycles. The number of nitrogen functional groups attached to an aromatic ring is 1. The lowest BCUT2D eigenvalue weighted by atomic mass is 10.1. The molecule has 3 nitrogen and oxygen atoms in total. The van der Waals surface area contributed by atoms with E-state index >= 15 is 0 Å². The highest BCUT2D eigenvalue weighted by Crippen LogP contribution is 2.35. The summed E-state index contributed by atoms with van der Waals surface area (Å²) < 4.78 is 1.11. The molecule has 1 atom stereocenters. The van der Waals surface area contributed by atoms with Crippen molar-refractivity contribution in [1.29, 1.82) is 0 Å². The monoisotopic (exact) mass is 302 g/mol. The highest BCUT2D eigenvalue weighted by molar-refractivity contribution is 7.21. The Hall–Kier alpha value is -1.55. The second-order valence-electron chi connectivity index (χ2n) is 6.04. The third-order valence-corrected chi connectivity index (χ3v) is 5.55. The van der Waals surface area contributed by atoms with Gasteiger partial charge in [0.15, 0.2) is 0 Å². The van der Waals surface area contributed by atoms with E-state index in [1.807, 2.05) is 17.0 Å². The first kappa shape index (κ1) is 14.4. The van der Waals surface area contributed by atoms with Gasteiger partial charge in [-0.2, -0.15) is 0 Å². The van der Waals surface area contributed by atoms with Gasteiger partial charge in [-0.15, -0.1) is 11.3 Å². The van der Waals surface area contributed by atoms with E-state index in [1.165, 1.54) is 29.7 Å². The Morgan fingerprint density at radius 3 is 2.95 bits per heavy atom. The zero-order valence-electron chi connectivity index (χ0n) is 12.7. The molecule has 112 valence electrons. The number of anilines is 1. The zero-order chi connectivity index (χ0) is 15.0. The summed E-state index contributed by atoms with van der Waals surface area (Å²) in [4.78, 5) is 15.6. The number of amides is 1. The van der Waals surface area contributed by atoms with Gasteiger partial charge in [-0.25, -0.2) is 0 Å². The van der Waals surface area contributed by atoms with Crippen LogP contribution in [0.4, 0.5) is 5.69 Å². The number of likely N-dealkylation sites (tertiary alicyclic amines) is 1.